The van der Waals surface area contributed by atoms with Crippen LogP contribution in [0.5, 0.6) is 0 Å². The van der Waals surface area contributed by atoms with Crippen molar-refractivity contribution in [2.45, 2.75) is 16.7 Å². The maximum absolute atomic E-state index is 12.1. The van der Waals surface area contributed by atoms with Crippen LogP contribution < -0.4 is 0 Å². The van der Waals surface area contributed by atoms with Crippen LogP contribution in [0.1, 0.15) is 5.56 Å². The number of hydrogen-bond acceptors (Lipinski definition) is 3. The molecule has 3 nitrogen and oxygen atoms in total. The summed E-state index contributed by atoms with van der Waals surface area (Å²) in [4.78, 5) is 0.413. The molecule has 0 aliphatic rings. The van der Waals surface area contributed by atoms with Gasteiger partial charge in [-0.25, -0.2) is 8.42 Å². The van der Waals surface area contributed by atoms with Crippen LogP contribution in [0.4, 0.5) is 0 Å². The molecule has 5 heteroatoms. The lowest BCUT2D eigenvalue weighted by Crippen LogP contribution is -2.01. The number of benzene rings is 1. The SMILES string of the molecule is Cc1ccc(S(=O)(=O)c2cocc2Br)cc1. The van der Waals surface area contributed by atoms with Crippen molar-refractivity contribution in [3.63, 3.8) is 0 Å². The van der Waals surface area contributed by atoms with Gasteiger partial charge in [0.25, 0.3) is 0 Å². The van der Waals surface area contributed by atoms with E-state index < -0.39 is 9.84 Å². The first-order valence-corrected chi connectivity index (χ1v) is 6.83. The third-order valence-electron chi connectivity index (χ3n) is 2.20. The minimum Gasteiger partial charge on any atom is -0.470 e. The fraction of sp³-hybridized carbons (Fsp3) is 0.0909. The Bertz CT molecular complexity index is 596. The second-order valence-electron chi connectivity index (χ2n) is 3.40. The molecule has 16 heavy (non-hydrogen) atoms. The predicted octanol–water partition coefficient (Wildman–Crippen LogP) is 3.18. The Morgan fingerprint density at radius 3 is 2.25 bits per heavy atom. The van der Waals surface area contributed by atoms with E-state index in [9.17, 15) is 8.42 Å². The third kappa shape index (κ3) is 1.92. The summed E-state index contributed by atoms with van der Waals surface area (Å²) < 4.78 is 29.6. The smallest absolute Gasteiger partial charge is 0.210 e. The van der Waals surface area contributed by atoms with E-state index in [1.54, 1.807) is 24.3 Å². The van der Waals surface area contributed by atoms with Gasteiger partial charge in [0.05, 0.1) is 9.37 Å². The monoisotopic (exact) mass is 300 g/mol. The van der Waals surface area contributed by atoms with Crippen molar-refractivity contribution in [1.82, 2.24) is 0 Å². The standard InChI is InChI=1S/C11H9BrO3S/c1-8-2-4-9(5-3-8)16(13,14)11-7-15-6-10(11)12/h2-7H,1H3. The summed E-state index contributed by atoms with van der Waals surface area (Å²) in [5.74, 6) is 0. The van der Waals surface area contributed by atoms with Gasteiger partial charge in [-0.3, -0.25) is 0 Å². The van der Waals surface area contributed by atoms with Gasteiger partial charge in [0.2, 0.25) is 9.84 Å². The molecular formula is C11H9BrO3S. The molecule has 1 aromatic heterocycles. The highest BCUT2D eigenvalue weighted by atomic mass is 79.9. The van der Waals surface area contributed by atoms with Gasteiger partial charge in [-0.2, -0.15) is 0 Å². The van der Waals surface area contributed by atoms with E-state index >= 15 is 0 Å². The molecule has 1 heterocycles. The normalized spacial score (nSPS) is 11.6. The Morgan fingerprint density at radius 2 is 1.75 bits per heavy atom. The molecule has 0 fully saturated rings. The number of halogens is 1. The molecule has 0 spiro atoms. The average Bonchev–Trinajstić information content (AvgIpc) is 2.66. The molecule has 0 radical (unpaired) electrons. The Balaban J connectivity index is 2.56. The summed E-state index contributed by atoms with van der Waals surface area (Å²) in [7, 11) is -3.48. The molecule has 0 unspecified atom stereocenters. The lowest BCUT2D eigenvalue weighted by molar-refractivity contribution is 0.555. The van der Waals surface area contributed by atoms with Gasteiger partial charge < -0.3 is 4.42 Å². The molecule has 2 aromatic rings. The van der Waals surface area contributed by atoms with Crippen LogP contribution in [0.2, 0.25) is 0 Å². The lowest BCUT2D eigenvalue weighted by atomic mass is 10.2. The predicted molar refractivity (Wildman–Crippen MR) is 63.0 cm³/mol. The molecule has 0 bridgehead atoms. The molecular weight excluding hydrogens is 292 g/mol. The zero-order chi connectivity index (χ0) is 11.8. The van der Waals surface area contributed by atoms with Gasteiger partial charge >= 0.3 is 0 Å². The summed E-state index contributed by atoms with van der Waals surface area (Å²) in [6.45, 7) is 1.91. The number of furan rings is 1. The molecule has 0 N–H and O–H groups in total. The minimum atomic E-state index is -3.48. The summed E-state index contributed by atoms with van der Waals surface area (Å²) in [5, 5.41) is 0. The topological polar surface area (TPSA) is 47.3 Å². The van der Waals surface area contributed by atoms with Gasteiger partial charge in [-0.15, -0.1) is 0 Å². The maximum atomic E-state index is 12.1. The minimum absolute atomic E-state index is 0.149. The van der Waals surface area contributed by atoms with Crippen LogP contribution in [-0.4, -0.2) is 8.42 Å². The molecule has 0 aliphatic carbocycles. The average molecular weight is 301 g/mol. The van der Waals surface area contributed by atoms with Crippen LogP contribution in [-0.2, 0) is 9.84 Å². The Kier molecular flexibility index (Phi) is 2.90. The van der Waals surface area contributed by atoms with E-state index in [4.69, 9.17) is 4.42 Å². The molecule has 1 aromatic carbocycles. The first-order valence-electron chi connectivity index (χ1n) is 4.55. The zero-order valence-corrected chi connectivity index (χ0v) is 10.9. The fourth-order valence-corrected chi connectivity index (χ4v) is 3.38. The Labute approximate surface area is 102 Å². The first kappa shape index (κ1) is 11.4. The third-order valence-corrected chi connectivity index (χ3v) is 4.87. The van der Waals surface area contributed by atoms with Crippen molar-refractivity contribution in [1.29, 1.82) is 0 Å². The summed E-state index contributed by atoms with van der Waals surface area (Å²) in [5.41, 5.74) is 1.02. The van der Waals surface area contributed by atoms with Crippen molar-refractivity contribution in [3.05, 3.63) is 46.8 Å². The summed E-state index contributed by atoms with van der Waals surface area (Å²) >= 11 is 3.14. The van der Waals surface area contributed by atoms with E-state index in [0.29, 0.717) is 4.47 Å². The first-order chi connectivity index (χ1) is 7.51. The van der Waals surface area contributed by atoms with Gasteiger partial charge in [0.1, 0.15) is 17.4 Å². The number of aryl methyl sites for hydroxylation is 1. The molecule has 0 amide bonds. The highest BCUT2D eigenvalue weighted by molar-refractivity contribution is 9.10. The molecule has 84 valence electrons. The molecule has 0 aliphatic heterocycles. The van der Waals surface area contributed by atoms with E-state index in [1.807, 2.05) is 6.92 Å². The van der Waals surface area contributed by atoms with E-state index in [2.05, 4.69) is 15.9 Å². The zero-order valence-electron chi connectivity index (χ0n) is 8.48. The summed E-state index contributed by atoms with van der Waals surface area (Å²) in [6.07, 6.45) is 2.57. The van der Waals surface area contributed by atoms with Crippen molar-refractivity contribution >= 4 is 25.8 Å². The number of hydrogen-bond donors (Lipinski definition) is 0. The van der Waals surface area contributed by atoms with E-state index in [1.165, 1.54) is 12.5 Å². The van der Waals surface area contributed by atoms with E-state index in [-0.39, 0.29) is 9.79 Å². The van der Waals surface area contributed by atoms with Gasteiger partial charge in [0, 0.05) is 0 Å². The molecule has 0 saturated carbocycles. The molecule has 0 saturated heterocycles. The highest BCUT2D eigenvalue weighted by Crippen LogP contribution is 2.28. The maximum Gasteiger partial charge on any atom is 0.210 e. The van der Waals surface area contributed by atoms with Crippen LogP contribution in [0, 0.1) is 6.92 Å². The fourth-order valence-electron chi connectivity index (χ4n) is 1.31. The second-order valence-corrected chi connectivity index (χ2v) is 6.17. The summed E-state index contributed by atoms with van der Waals surface area (Å²) in [6, 6.07) is 6.70. The van der Waals surface area contributed by atoms with Gasteiger partial charge in [-0.05, 0) is 35.0 Å². The van der Waals surface area contributed by atoms with Gasteiger partial charge in [0.15, 0.2) is 0 Å². The Hall–Kier alpha value is -1.07. The number of rotatable bonds is 2. The van der Waals surface area contributed by atoms with Crippen LogP contribution in [0.3, 0.4) is 0 Å². The van der Waals surface area contributed by atoms with Crippen molar-refractivity contribution in [2.75, 3.05) is 0 Å². The lowest BCUT2D eigenvalue weighted by Gasteiger charge is -2.02. The van der Waals surface area contributed by atoms with Crippen LogP contribution in [0.15, 0.2) is 55.5 Å². The Morgan fingerprint density at radius 1 is 1.12 bits per heavy atom. The molecule has 0 atom stereocenters. The van der Waals surface area contributed by atoms with Crippen LogP contribution in [0.25, 0.3) is 0 Å². The quantitative estimate of drug-likeness (QED) is 0.856. The highest BCUT2D eigenvalue weighted by Gasteiger charge is 2.21. The van der Waals surface area contributed by atoms with Gasteiger partial charge in [-0.1, -0.05) is 17.7 Å². The van der Waals surface area contributed by atoms with Crippen molar-refractivity contribution in [2.24, 2.45) is 0 Å². The largest absolute Gasteiger partial charge is 0.470 e. The van der Waals surface area contributed by atoms with E-state index in [0.717, 1.165) is 5.56 Å². The number of sulfone groups is 1. The van der Waals surface area contributed by atoms with Crippen molar-refractivity contribution in [3.8, 4) is 0 Å². The second kappa shape index (κ2) is 4.07. The molecule has 2 rings (SSSR count). The van der Waals surface area contributed by atoms with Crippen LogP contribution >= 0.6 is 15.9 Å². The van der Waals surface area contributed by atoms with Crippen molar-refractivity contribution < 1.29 is 12.8 Å².